The van der Waals surface area contributed by atoms with Crippen LogP contribution in [0.3, 0.4) is 0 Å². The number of hydrogen-bond acceptors (Lipinski definition) is 2. The lowest BCUT2D eigenvalue weighted by molar-refractivity contribution is 0.953. The molecule has 1 aromatic rings. The molecule has 0 heterocycles. The molecule has 0 bridgehead atoms. The van der Waals surface area contributed by atoms with Crippen molar-refractivity contribution in [2.45, 2.75) is 60.9 Å². The Morgan fingerprint density at radius 2 is 1.81 bits per heavy atom. The maximum atomic E-state index is 5.92. The Bertz CT molecular complexity index is 774. The van der Waals surface area contributed by atoms with Crippen molar-refractivity contribution in [2.24, 2.45) is 10.7 Å². The third kappa shape index (κ3) is 5.96. The van der Waals surface area contributed by atoms with Gasteiger partial charge in [0.05, 0.1) is 5.69 Å². The molecule has 0 aliphatic rings. The zero-order valence-electron chi connectivity index (χ0n) is 17.4. The minimum Gasteiger partial charge on any atom is -0.326 e. The van der Waals surface area contributed by atoms with Crippen molar-refractivity contribution >= 4 is 17.0 Å². The lowest BCUT2D eigenvalue weighted by Gasteiger charge is -2.12. The highest BCUT2D eigenvalue weighted by Gasteiger charge is 2.08. The Labute approximate surface area is 159 Å². The van der Waals surface area contributed by atoms with Crippen LogP contribution >= 0.6 is 0 Å². The number of hydrogen-bond donors (Lipinski definition) is 1. The molecule has 0 aromatic heterocycles. The molecule has 0 saturated heterocycles. The van der Waals surface area contributed by atoms with Gasteiger partial charge in [-0.25, -0.2) is 0 Å². The van der Waals surface area contributed by atoms with E-state index in [-0.39, 0.29) is 0 Å². The lowest BCUT2D eigenvalue weighted by atomic mass is 9.99. The van der Waals surface area contributed by atoms with Crippen molar-refractivity contribution in [3.05, 3.63) is 70.9 Å². The van der Waals surface area contributed by atoms with E-state index < -0.39 is 0 Å². The van der Waals surface area contributed by atoms with Crippen LogP contribution in [0.25, 0.3) is 5.57 Å². The Morgan fingerprint density at radius 3 is 2.31 bits per heavy atom. The summed E-state index contributed by atoms with van der Waals surface area (Å²) in [7, 11) is 0. The van der Waals surface area contributed by atoms with Gasteiger partial charge in [-0.2, -0.15) is 0 Å². The topological polar surface area (TPSA) is 38.4 Å². The van der Waals surface area contributed by atoms with Gasteiger partial charge in [0.2, 0.25) is 0 Å². The predicted octanol–water partition coefficient (Wildman–Crippen LogP) is 6.83. The fraction of sp³-hybridized carbons (Fsp3) is 0.375. The van der Waals surface area contributed by atoms with Gasteiger partial charge in [-0.1, -0.05) is 49.8 Å². The maximum absolute atomic E-state index is 5.92. The van der Waals surface area contributed by atoms with E-state index in [9.17, 15) is 0 Å². The van der Waals surface area contributed by atoms with E-state index in [2.05, 4.69) is 65.1 Å². The quantitative estimate of drug-likeness (QED) is 0.405. The number of nitrogens with two attached hydrogens (primary N) is 1. The van der Waals surface area contributed by atoms with Crippen LogP contribution in [0.5, 0.6) is 0 Å². The Kier molecular flexibility index (Phi) is 8.47. The second kappa shape index (κ2) is 10.1. The first-order valence-corrected chi connectivity index (χ1v) is 9.30. The largest absolute Gasteiger partial charge is 0.326 e. The molecule has 2 heteroatoms. The van der Waals surface area contributed by atoms with E-state index in [1.807, 2.05) is 13.8 Å². The smallest absolute Gasteiger partial charge is 0.0671 e. The highest BCUT2D eigenvalue weighted by atomic mass is 14.7. The molecule has 0 atom stereocenters. The molecule has 0 amide bonds. The second-order valence-corrected chi connectivity index (χ2v) is 7.02. The van der Waals surface area contributed by atoms with Crippen LogP contribution in [0, 0.1) is 6.92 Å². The van der Waals surface area contributed by atoms with Crippen LogP contribution in [-0.2, 0) is 6.54 Å². The molecule has 140 valence electrons. The number of aliphatic imine (C=N–C) groups is 1. The van der Waals surface area contributed by atoms with Crippen molar-refractivity contribution in [1.82, 2.24) is 0 Å². The minimum atomic E-state index is 0.503. The highest BCUT2D eigenvalue weighted by molar-refractivity contribution is 6.00. The summed E-state index contributed by atoms with van der Waals surface area (Å²) in [5.41, 5.74) is 15.7. The molecular formula is C24H34N2. The molecule has 26 heavy (non-hydrogen) atoms. The van der Waals surface area contributed by atoms with Crippen LogP contribution in [-0.4, -0.2) is 5.71 Å². The average molecular weight is 351 g/mol. The first kappa shape index (κ1) is 21.9. The van der Waals surface area contributed by atoms with Crippen LogP contribution in [0.1, 0.15) is 64.2 Å². The molecule has 0 fully saturated rings. The fourth-order valence-electron chi connectivity index (χ4n) is 2.59. The summed E-state index contributed by atoms with van der Waals surface area (Å²) < 4.78 is 0. The number of benzene rings is 1. The van der Waals surface area contributed by atoms with Gasteiger partial charge < -0.3 is 5.73 Å². The molecule has 0 spiro atoms. The van der Waals surface area contributed by atoms with Gasteiger partial charge in [-0.15, -0.1) is 0 Å². The number of unbranched alkanes of at least 4 members (excludes halogenated alkanes) is 1. The summed E-state index contributed by atoms with van der Waals surface area (Å²) >= 11 is 0. The summed E-state index contributed by atoms with van der Waals surface area (Å²) in [5, 5.41) is 0. The third-order valence-electron chi connectivity index (χ3n) is 4.58. The molecule has 1 rings (SSSR count). The van der Waals surface area contributed by atoms with Crippen LogP contribution < -0.4 is 5.73 Å². The summed E-state index contributed by atoms with van der Waals surface area (Å²) in [6, 6.07) is 4.21. The Morgan fingerprint density at radius 1 is 1.15 bits per heavy atom. The molecule has 0 saturated carbocycles. The molecule has 2 N–H and O–H groups in total. The van der Waals surface area contributed by atoms with Crippen molar-refractivity contribution in [3.8, 4) is 0 Å². The zero-order valence-corrected chi connectivity index (χ0v) is 17.4. The zero-order chi connectivity index (χ0) is 19.9. The Hall–Kier alpha value is -2.19. The highest BCUT2D eigenvalue weighted by Crippen LogP contribution is 2.28. The summed E-state index contributed by atoms with van der Waals surface area (Å²) in [5.74, 6) is 0. The number of rotatable bonds is 8. The molecule has 2 nitrogen and oxygen atoms in total. The van der Waals surface area contributed by atoms with E-state index in [1.165, 1.54) is 5.57 Å². The van der Waals surface area contributed by atoms with Gasteiger partial charge in [0, 0.05) is 12.3 Å². The van der Waals surface area contributed by atoms with E-state index in [1.54, 1.807) is 0 Å². The summed E-state index contributed by atoms with van der Waals surface area (Å²) in [6.07, 6.45) is 6.62. The van der Waals surface area contributed by atoms with E-state index in [4.69, 9.17) is 10.7 Å². The molecule has 0 aliphatic carbocycles. The van der Waals surface area contributed by atoms with Crippen LogP contribution in [0.4, 0.5) is 5.69 Å². The van der Waals surface area contributed by atoms with Gasteiger partial charge in [-0.05, 0) is 81.0 Å². The second-order valence-electron chi connectivity index (χ2n) is 7.02. The number of allylic oxidation sites excluding steroid dienone is 6. The summed E-state index contributed by atoms with van der Waals surface area (Å²) in [4.78, 5) is 4.90. The minimum absolute atomic E-state index is 0.503. The monoisotopic (exact) mass is 350 g/mol. The van der Waals surface area contributed by atoms with Crippen molar-refractivity contribution in [1.29, 1.82) is 0 Å². The maximum Gasteiger partial charge on any atom is 0.0671 e. The van der Waals surface area contributed by atoms with Crippen molar-refractivity contribution < 1.29 is 0 Å². The third-order valence-corrected chi connectivity index (χ3v) is 4.58. The average Bonchev–Trinajstić information content (AvgIpc) is 2.59. The van der Waals surface area contributed by atoms with Crippen molar-refractivity contribution in [2.75, 3.05) is 0 Å². The Balaban J connectivity index is 3.35. The van der Waals surface area contributed by atoms with Crippen LogP contribution in [0.15, 0.2) is 59.2 Å². The van der Waals surface area contributed by atoms with Gasteiger partial charge in [0.15, 0.2) is 0 Å². The van der Waals surface area contributed by atoms with E-state index >= 15 is 0 Å². The SMILES string of the molecule is C=C(C)C(=C\CCC)/C=C(\C)C(C)=Nc1cc(C(=C)C)cc(CN)c1C. The van der Waals surface area contributed by atoms with Gasteiger partial charge in [0.25, 0.3) is 0 Å². The fourth-order valence-corrected chi connectivity index (χ4v) is 2.59. The first-order valence-electron chi connectivity index (χ1n) is 9.30. The van der Waals surface area contributed by atoms with Crippen LogP contribution in [0.2, 0.25) is 0 Å². The van der Waals surface area contributed by atoms with E-state index in [0.29, 0.717) is 6.54 Å². The van der Waals surface area contributed by atoms with Gasteiger partial charge in [0.1, 0.15) is 0 Å². The predicted molar refractivity (Wildman–Crippen MR) is 118 cm³/mol. The molecule has 0 unspecified atom stereocenters. The molecule has 0 aliphatic heterocycles. The molecule has 1 aromatic carbocycles. The normalized spacial score (nSPS) is 13.1. The van der Waals surface area contributed by atoms with Crippen molar-refractivity contribution in [3.63, 3.8) is 0 Å². The standard InChI is InChI=1S/C24H34N2/c1-9-10-11-21(16(2)3)12-18(6)20(8)26-24-14-22(17(4)5)13-23(15-25)19(24)7/h11-14H,2,4,9-10,15,25H2,1,3,5-8H3/b18-12+,21-11-,26-20?. The van der Waals surface area contributed by atoms with Gasteiger partial charge >= 0.3 is 0 Å². The number of nitrogens with zero attached hydrogens (tertiary/aromatic N) is 1. The summed E-state index contributed by atoms with van der Waals surface area (Å²) in [6.45, 7) is 21.1. The van der Waals surface area contributed by atoms with Gasteiger partial charge in [-0.3, -0.25) is 4.99 Å². The van der Waals surface area contributed by atoms with E-state index in [0.717, 1.165) is 57.7 Å². The molecule has 0 radical (unpaired) electrons. The molecular weight excluding hydrogens is 316 g/mol. The first-order chi connectivity index (χ1) is 12.2. The lowest BCUT2D eigenvalue weighted by Crippen LogP contribution is -2.01.